The predicted octanol–water partition coefficient (Wildman–Crippen LogP) is 7.78. The van der Waals surface area contributed by atoms with Gasteiger partial charge in [0.05, 0.1) is 30.2 Å². The number of carbonyl (C=O) groups is 2. The van der Waals surface area contributed by atoms with Crippen LogP contribution in [0.3, 0.4) is 0 Å². The number of aryl methyl sites for hydroxylation is 1. The second-order valence-electron chi connectivity index (χ2n) is 15.6. The number of nitrogens with one attached hydrogen (secondary N) is 1. The molecule has 3 N–H and O–H groups in total. The van der Waals surface area contributed by atoms with E-state index in [1.807, 2.05) is 43.3 Å². The summed E-state index contributed by atoms with van der Waals surface area (Å²) in [6.07, 6.45) is 12.8. The molecule has 8 heteroatoms. The number of Topliss-reactive ketones (excluding diaryl/α,β-unsaturated/α-hetero) is 1. The first-order valence-electron chi connectivity index (χ1n) is 17.5. The fraction of sp³-hybridized carbons (Fsp3) is 0.590. The van der Waals surface area contributed by atoms with Crippen molar-refractivity contribution in [2.75, 3.05) is 25.5 Å². The van der Waals surface area contributed by atoms with E-state index in [2.05, 4.69) is 44.3 Å². The molecule has 8 rings (SSSR count). The lowest BCUT2D eigenvalue weighted by atomic mass is 9.32. The molecule has 0 aliphatic heterocycles. The summed E-state index contributed by atoms with van der Waals surface area (Å²) >= 11 is 1.55. The second kappa shape index (κ2) is 11.3. The topological polar surface area (TPSA) is 99.1 Å². The van der Waals surface area contributed by atoms with Crippen LogP contribution in [0.25, 0.3) is 0 Å². The molecule has 2 amide bonds. The van der Waals surface area contributed by atoms with Crippen LogP contribution in [0.5, 0.6) is 5.75 Å². The Balaban J connectivity index is 1.25. The van der Waals surface area contributed by atoms with E-state index in [0.717, 1.165) is 59.6 Å². The van der Waals surface area contributed by atoms with Gasteiger partial charge in [-0.3, -0.25) is 4.79 Å². The lowest BCUT2D eigenvalue weighted by molar-refractivity contribution is -0.174. The van der Waals surface area contributed by atoms with Gasteiger partial charge in [0.25, 0.3) is 0 Å². The van der Waals surface area contributed by atoms with Crippen molar-refractivity contribution in [2.45, 2.75) is 90.8 Å². The molecule has 3 saturated carbocycles. The van der Waals surface area contributed by atoms with Crippen molar-refractivity contribution in [1.82, 2.24) is 4.90 Å². The summed E-state index contributed by atoms with van der Waals surface area (Å²) in [5, 5.41) is 26.8. The van der Waals surface area contributed by atoms with E-state index >= 15 is 0 Å². The van der Waals surface area contributed by atoms with Crippen LogP contribution in [-0.4, -0.2) is 58.8 Å². The molecule has 6 aliphatic rings. The third kappa shape index (κ3) is 4.64. The number of methoxy groups -OCH3 is 1. The summed E-state index contributed by atoms with van der Waals surface area (Å²) < 4.78 is 5.27. The van der Waals surface area contributed by atoms with Crippen LogP contribution < -0.4 is 10.1 Å². The second-order valence-corrected chi connectivity index (χ2v) is 16.9. The minimum atomic E-state index is -1.11. The Bertz CT molecular complexity index is 1630. The van der Waals surface area contributed by atoms with Crippen molar-refractivity contribution >= 4 is 28.8 Å². The first-order valence-corrected chi connectivity index (χ1v) is 18.3. The van der Waals surface area contributed by atoms with Gasteiger partial charge in [-0.15, -0.1) is 11.3 Å². The van der Waals surface area contributed by atoms with E-state index in [9.17, 15) is 19.8 Å². The minimum absolute atomic E-state index is 0.0429. The lowest BCUT2D eigenvalue weighted by Crippen LogP contribution is -2.67. The average Bonchev–Trinajstić information content (AvgIpc) is 3.60. The fourth-order valence-corrected chi connectivity index (χ4v) is 11.8. The molecule has 3 fully saturated rings. The zero-order valence-corrected chi connectivity index (χ0v) is 29.3. The third-order valence-corrected chi connectivity index (χ3v) is 14.5. The number of amides is 2. The standard InChI is InChI=1S/C39H50N2O5S/c1-6-21-41(34(44)40-26-8-10-28(46-5)11-9-26)24-38(45)18-15-32-36(38,4)17-14-31-35(3)16-13-27(42)22-37(35)19-20-39(31,32)29(23-37)33(43)30-12-7-25(2)47-30/h7-12,19-20,23,27,31-32,42,45H,6,13-18,21-22,24H2,1-5H3,(H,40,44). The number of hydrogen-bond acceptors (Lipinski definition) is 6. The van der Waals surface area contributed by atoms with Gasteiger partial charge in [0.2, 0.25) is 0 Å². The zero-order valence-electron chi connectivity index (χ0n) is 28.5. The quantitative estimate of drug-likeness (QED) is 0.199. The van der Waals surface area contributed by atoms with Gasteiger partial charge in [-0.25, -0.2) is 4.79 Å². The molecule has 1 aromatic carbocycles. The molecule has 2 spiro atoms. The Kier molecular flexibility index (Phi) is 7.85. The molecule has 252 valence electrons. The zero-order chi connectivity index (χ0) is 33.4. The number of ether oxygens (including phenoxy) is 1. The number of carbonyl (C=O) groups excluding carboxylic acids is 2. The highest BCUT2D eigenvalue weighted by molar-refractivity contribution is 7.14. The maximum Gasteiger partial charge on any atom is 0.321 e. The number of fused-ring (bicyclic) bond motifs is 1. The molecular formula is C39H50N2O5S. The van der Waals surface area contributed by atoms with Gasteiger partial charge in [-0.1, -0.05) is 39.0 Å². The molecule has 8 atom stereocenters. The van der Waals surface area contributed by atoms with E-state index in [1.165, 1.54) is 0 Å². The van der Waals surface area contributed by atoms with Gasteiger partial charge in [0.1, 0.15) is 5.75 Å². The Morgan fingerprint density at radius 3 is 2.38 bits per heavy atom. The van der Waals surface area contributed by atoms with E-state index in [4.69, 9.17) is 4.74 Å². The number of aliphatic hydroxyl groups is 2. The van der Waals surface area contributed by atoms with Crippen molar-refractivity contribution in [3.05, 3.63) is 70.0 Å². The third-order valence-electron chi connectivity index (χ3n) is 13.5. The van der Waals surface area contributed by atoms with Crippen LogP contribution in [-0.2, 0) is 0 Å². The van der Waals surface area contributed by atoms with E-state index in [1.54, 1.807) is 23.3 Å². The molecule has 2 aromatic rings. The number of rotatable bonds is 8. The smallest absolute Gasteiger partial charge is 0.321 e. The molecular weight excluding hydrogens is 609 g/mol. The number of nitrogens with zero attached hydrogens (tertiary/aromatic N) is 1. The molecule has 2 bridgehead atoms. The summed E-state index contributed by atoms with van der Waals surface area (Å²) in [5.74, 6) is 1.10. The summed E-state index contributed by atoms with van der Waals surface area (Å²) in [6, 6.07) is 11.1. The van der Waals surface area contributed by atoms with E-state index < -0.39 is 16.4 Å². The molecule has 8 unspecified atom stereocenters. The molecule has 1 heterocycles. The Hall–Kier alpha value is -2.94. The van der Waals surface area contributed by atoms with Crippen LogP contribution in [0.2, 0.25) is 0 Å². The van der Waals surface area contributed by atoms with Gasteiger partial charge in [-0.2, -0.15) is 0 Å². The lowest BCUT2D eigenvalue weighted by Gasteiger charge is -2.71. The fourth-order valence-electron chi connectivity index (χ4n) is 11.0. The Morgan fingerprint density at radius 2 is 1.70 bits per heavy atom. The van der Waals surface area contributed by atoms with Gasteiger partial charge < -0.3 is 25.2 Å². The highest BCUT2D eigenvalue weighted by atomic mass is 32.1. The van der Waals surface area contributed by atoms with Crippen LogP contribution >= 0.6 is 11.3 Å². The SMILES string of the molecule is CCCN(CC1(O)CCC2C34C=CC5(C=C3C(=O)c3ccc(C)s3)CC(O)CCC5(C)C4CCC21C)C(=O)Nc1ccc(OC)cc1. The van der Waals surface area contributed by atoms with E-state index in [-0.39, 0.29) is 47.1 Å². The summed E-state index contributed by atoms with van der Waals surface area (Å²) in [7, 11) is 1.62. The summed E-state index contributed by atoms with van der Waals surface area (Å²) in [6.45, 7) is 9.51. The maximum absolute atomic E-state index is 14.6. The Labute approximate surface area is 283 Å². The molecule has 7 nitrogen and oxygen atoms in total. The van der Waals surface area contributed by atoms with Gasteiger partial charge in [0, 0.05) is 38.9 Å². The molecule has 0 saturated heterocycles. The maximum atomic E-state index is 14.6. The van der Waals surface area contributed by atoms with Crippen molar-refractivity contribution in [3.8, 4) is 5.75 Å². The average molecular weight is 659 g/mol. The number of urea groups is 1. The number of hydrogen-bond donors (Lipinski definition) is 3. The van der Waals surface area contributed by atoms with Crippen molar-refractivity contribution < 1.29 is 24.5 Å². The van der Waals surface area contributed by atoms with Crippen LogP contribution in [0.1, 0.15) is 86.7 Å². The van der Waals surface area contributed by atoms with Crippen molar-refractivity contribution in [3.63, 3.8) is 0 Å². The summed E-state index contributed by atoms with van der Waals surface area (Å²) in [4.78, 5) is 32.0. The van der Waals surface area contributed by atoms with Crippen LogP contribution in [0, 0.1) is 40.4 Å². The number of ketones is 1. The number of anilines is 1. The number of thiophene rings is 1. The summed E-state index contributed by atoms with van der Waals surface area (Å²) in [5.41, 5.74) is -1.000. The van der Waals surface area contributed by atoms with Gasteiger partial charge >= 0.3 is 6.03 Å². The predicted molar refractivity (Wildman–Crippen MR) is 186 cm³/mol. The Morgan fingerprint density at radius 1 is 1.00 bits per heavy atom. The van der Waals surface area contributed by atoms with E-state index in [0.29, 0.717) is 25.1 Å². The van der Waals surface area contributed by atoms with Crippen LogP contribution in [0.15, 0.2) is 60.2 Å². The largest absolute Gasteiger partial charge is 0.497 e. The first-order chi connectivity index (χ1) is 22.3. The molecule has 47 heavy (non-hydrogen) atoms. The first kappa shape index (κ1) is 32.6. The van der Waals surface area contributed by atoms with Crippen LogP contribution in [0.4, 0.5) is 10.5 Å². The molecule has 1 aromatic heterocycles. The van der Waals surface area contributed by atoms with Gasteiger partial charge in [0.15, 0.2) is 5.78 Å². The highest BCUT2D eigenvalue weighted by Crippen LogP contribution is 2.78. The van der Waals surface area contributed by atoms with Gasteiger partial charge in [-0.05, 0) is 112 Å². The highest BCUT2D eigenvalue weighted by Gasteiger charge is 2.74. The number of benzene rings is 1. The monoisotopic (exact) mass is 658 g/mol. The van der Waals surface area contributed by atoms with Crippen molar-refractivity contribution in [2.24, 2.45) is 33.5 Å². The van der Waals surface area contributed by atoms with Crippen molar-refractivity contribution in [1.29, 1.82) is 0 Å². The molecule has 6 aliphatic carbocycles. The normalized spacial score (nSPS) is 38.2. The number of allylic oxidation sites excluding steroid dienone is 4. The minimum Gasteiger partial charge on any atom is -0.497 e. The number of aliphatic hydroxyl groups excluding tert-OH is 1. The molecule has 0 radical (unpaired) electrons.